The maximum atomic E-state index is 12.0. The SMILES string of the molecule is CC(C)(CC/C=C/C(=O)Nc1ccccc1N)[C@H](O)c1cc(Br)ccc1O. The number of hydrogen-bond acceptors (Lipinski definition) is 4. The highest BCUT2D eigenvalue weighted by molar-refractivity contribution is 9.10. The van der Waals surface area contributed by atoms with Crippen molar-refractivity contribution in [2.45, 2.75) is 32.8 Å². The van der Waals surface area contributed by atoms with Crippen LogP contribution in [0.5, 0.6) is 5.75 Å². The predicted octanol–water partition coefficient (Wildman–Crippen LogP) is 4.77. The number of anilines is 2. The lowest BCUT2D eigenvalue weighted by molar-refractivity contribution is -0.111. The van der Waals surface area contributed by atoms with Gasteiger partial charge in [0.1, 0.15) is 5.75 Å². The molecule has 0 aliphatic heterocycles. The van der Waals surface area contributed by atoms with Crippen molar-refractivity contribution < 1.29 is 15.0 Å². The molecule has 0 unspecified atom stereocenters. The van der Waals surface area contributed by atoms with Gasteiger partial charge in [-0.2, -0.15) is 0 Å². The Morgan fingerprint density at radius 1 is 1.30 bits per heavy atom. The van der Waals surface area contributed by atoms with Gasteiger partial charge in [0.25, 0.3) is 0 Å². The molecule has 0 spiro atoms. The molecule has 0 radical (unpaired) electrons. The molecule has 0 fully saturated rings. The van der Waals surface area contributed by atoms with Crippen LogP contribution in [0.25, 0.3) is 0 Å². The second-order valence-corrected chi connectivity index (χ2v) is 8.03. The van der Waals surface area contributed by atoms with Gasteiger partial charge in [-0.15, -0.1) is 0 Å². The number of phenolic OH excluding ortho intramolecular Hbond substituents is 1. The number of aromatic hydroxyl groups is 1. The van der Waals surface area contributed by atoms with Gasteiger partial charge in [0.15, 0.2) is 0 Å². The lowest BCUT2D eigenvalue weighted by Crippen LogP contribution is -2.22. The third kappa shape index (κ3) is 5.84. The number of nitrogens with two attached hydrogens (primary N) is 1. The minimum Gasteiger partial charge on any atom is -0.508 e. The Hall–Kier alpha value is -2.31. The van der Waals surface area contributed by atoms with Gasteiger partial charge in [-0.25, -0.2) is 0 Å². The summed E-state index contributed by atoms with van der Waals surface area (Å²) in [6.07, 6.45) is 3.64. The Balaban J connectivity index is 1.92. The summed E-state index contributed by atoms with van der Waals surface area (Å²) in [5, 5.41) is 23.4. The first-order valence-electron chi connectivity index (χ1n) is 8.69. The number of nitrogen functional groups attached to an aromatic ring is 1. The Morgan fingerprint density at radius 2 is 2.00 bits per heavy atom. The fourth-order valence-corrected chi connectivity index (χ4v) is 3.11. The van der Waals surface area contributed by atoms with E-state index in [0.717, 1.165) is 4.47 Å². The zero-order valence-electron chi connectivity index (χ0n) is 15.4. The van der Waals surface area contributed by atoms with Crippen molar-refractivity contribution in [1.82, 2.24) is 0 Å². The largest absolute Gasteiger partial charge is 0.508 e. The van der Waals surface area contributed by atoms with Crippen molar-refractivity contribution in [3.8, 4) is 5.75 Å². The van der Waals surface area contributed by atoms with Crippen LogP contribution in [-0.2, 0) is 4.79 Å². The fraction of sp³-hybridized carbons (Fsp3) is 0.286. The number of carbonyl (C=O) groups excluding carboxylic acids is 1. The van der Waals surface area contributed by atoms with Crippen LogP contribution in [-0.4, -0.2) is 16.1 Å². The zero-order chi connectivity index (χ0) is 20.0. The van der Waals surface area contributed by atoms with Crippen molar-refractivity contribution in [2.75, 3.05) is 11.1 Å². The van der Waals surface area contributed by atoms with Gasteiger partial charge in [0.05, 0.1) is 17.5 Å². The van der Waals surface area contributed by atoms with E-state index in [-0.39, 0.29) is 11.7 Å². The molecular formula is C21H25BrN2O3. The monoisotopic (exact) mass is 432 g/mol. The first kappa shape index (κ1) is 21.0. The number of phenols is 1. The third-order valence-electron chi connectivity index (χ3n) is 4.47. The highest BCUT2D eigenvalue weighted by atomic mass is 79.9. The molecule has 6 heteroatoms. The summed E-state index contributed by atoms with van der Waals surface area (Å²) >= 11 is 3.36. The van der Waals surface area contributed by atoms with Gasteiger partial charge in [0.2, 0.25) is 5.91 Å². The Kier molecular flexibility index (Phi) is 7.05. The quantitative estimate of drug-likeness (QED) is 0.374. The Morgan fingerprint density at radius 3 is 2.70 bits per heavy atom. The molecule has 0 aliphatic carbocycles. The molecule has 0 bridgehead atoms. The highest BCUT2D eigenvalue weighted by Crippen LogP contribution is 2.41. The second-order valence-electron chi connectivity index (χ2n) is 7.11. The van der Waals surface area contributed by atoms with Gasteiger partial charge in [0, 0.05) is 10.0 Å². The van der Waals surface area contributed by atoms with E-state index in [1.807, 2.05) is 13.8 Å². The number of aliphatic hydroxyl groups excluding tert-OH is 1. The van der Waals surface area contributed by atoms with Crippen LogP contribution in [0, 0.1) is 5.41 Å². The molecule has 27 heavy (non-hydrogen) atoms. The number of carbonyl (C=O) groups is 1. The summed E-state index contributed by atoms with van der Waals surface area (Å²) in [4.78, 5) is 12.0. The molecule has 0 aliphatic rings. The number of amides is 1. The zero-order valence-corrected chi connectivity index (χ0v) is 17.0. The molecule has 144 valence electrons. The number of nitrogens with one attached hydrogen (secondary N) is 1. The Bertz CT molecular complexity index is 834. The molecule has 1 amide bonds. The van der Waals surface area contributed by atoms with Crippen LogP contribution >= 0.6 is 15.9 Å². The molecule has 1 atom stereocenters. The Labute approximate surface area is 168 Å². The lowest BCUT2D eigenvalue weighted by Gasteiger charge is -2.31. The van der Waals surface area contributed by atoms with Crippen LogP contribution in [0.3, 0.4) is 0 Å². The molecule has 0 heterocycles. The van der Waals surface area contributed by atoms with Gasteiger partial charge in [-0.1, -0.05) is 48.0 Å². The predicted molar refractivity (Wildman–Crippen MR) is 112 cm³/mol. The molecular weight excluding hydrogens is 408 g/mol. The van der Waals surface area contributed by atoms with Crippen molar-refractivity contribution >= 4 is 33.2 Å². The van der Waals surface area contributed by atoms with Crippen molar-refractivity contribution in [1.29, 1.82) is 0 Å². The molecule has 0 saturated heterocycles. The van der Waals surface area contributed by atoms with Crippen molar-refractivity contribution in [2.24, 2.45) is 5.41 Å². The second kappa shape index (κ2) is 9.06. The number of halogens is 1. The van der Waals surface area contributed by atoms with E-state index in [9.17, 15) is 15.0 Å². The van der Waals surface area contributed by atoms with Crippen LogP contribution < -0.4 is 11.1 Å². The fourth-order valence-electron chi connectivity index (χ4n) is 2.73. The highest BCUT2D eigenvalue weighted by Gasteiger charge is 2.30. The summed E-state index contributed by atoms with van der Waals surface area (Å²) in [5.41, 5.74) is 6.89. The number of hydrogen-bond donors (Lipinski definition) is 4. The van der Waals surface area contributed by atoms with Gasteiger partial charge >= 0.3 is 0 Å². The molecule has 2 aromatic rings. The van der Waals surface area contributed by atoms with E-state index in [0.29, 0.717) is 29.8 Å². The summed E-state index contributed by atoms with van der Waals surface area (Å²) in [5.74, 6) is -0.190. The van der Waals surface area contributed by atoms with E-state index in [1.54, 1.807) is 48.5 Å². The summed E-state index contributed by atoms with van der Waals surface area (Å²) in [7, 11) is 0. The number of allylic oxidation sites excluding steroid dienone is 1. The minimum atomic E-state index is -0.832. The maximum absolute atomic E-state index is 12.0. The summed E-state index contributed by atoms with van der Waals surface area (Å²) in [6, 6.07) is 12.1. The number of benzene rings is 2. The maximum Gasteiger partial charge on any atom is 0.248 e. The molecule has 2 rings (SSSR count). The van der Waals surface area contributed by atoms with E-state index in [4.69, 9.17) is 5.73 Å². The summed E-state index contributed by atoms with van der Waals surface area (Å²) < 4.78 is 0.793. The van der Waals surface area contributed by atoms with Gasteiger partial charge in [-0.3, -0.25) is 4.79 Å². The number of aliphatic hydroxyl groups is 1. The third-order valence-corrected chi connectivity index (χ3v) is 4.96. The van der Waals surface area contributed by atoms with Crippen molar-refractivity contribution in [3.63, 3.8) is 0 Å². The molecule has 0 aromatic heterocycles. The van der Waals surface area contributed by atoms with E-state index in [1.165, 1.54) is 6.08 Å². The first-order valence-corrected chi connectivity index (χ1v) is 9.48. The number of para-hydroxylation sites is 2. The smallest absolute Gasteiger partial charge is 0.248 e. The van der Waals surface area contributed by atoms with Crippen LogP contribution in [0.15, 0.2) is 59.1 Å². The van der Waals surface area contributed by atoms with Crippen LogP contribution in [0.4, 0.5) is 11.4 Å². The molecule has 0 saturated carbocycles. The van der Waals surface area contributed by atoms with Crippen LogP contribution in [0.2, 0.25) is 0 Å². The molecule has 5 nitrogen and oxygen atoms in total. The first-order chi connectivity index (χ1) is 12.7. The lowest BCUT2D eigenvalue weighted by atomic mass is 9.78. The van der Waals surface area contributed by atoms with E-state index in [2.05, 4.69) is 21.2 Å². The normalized spacial score (nSPS) is 12.9. The van der Waals surface area contributed by atoms with Gasteiger partial charge < -0.3 is 21.3 Å². The number of rotatable bonds is 7. The van der Waals surface area contributed by atoms with Crippen LogP contribution in [0.1, 0.15) is 38.4 Å². The average Bonchev–Trinajstić information content (AvgIpc) is 2.62. The van der Waals surface area contributed by atoms with E-state index >= 15 is 0 Å². The summed E-state index contributed by atoms with van der Waals surface area (Å²) in [6.45, 7) is 3.85. The minimum absolute atomic E-state index is 0.0640. The molecule has 5 N–H and O–H groups in total. The van der Waals surface area contributed by atoms with Gasteiger partial charge in [-0.05, 0) is 54.7 Å². The average molecular weight is 433 g/mol. The molecule has 2 aromatic carbocycles. The van der Waals surface area contributed by atoms with Crippen molar-refractivity contribution in [3.05, 3.63) is 64.7 Å². The van der Waals surface area contributed by atoms with E-state index < -0.39 is 11.5 Å². The standard InChI is InChI=1S/C21H25BrN2O3/c1-21(2,20(27)15-13-14(22)10-11-18(15)25)12-6-5-9-19(26)24-17-8-4-3-7-16(17)23/h3-5,7-11,13,20,25,27H,6,12,23H2,1-2H3,(H,24,26)/b9-5+/t20-/m1/s1. The topological polar surface area (TPSA) is 95.6 Å².